The van der Waals surface area contributed by atoms with Gasteiger partial charge in [0.05, 0.1) is 6.54 Å². The van der Waals surface area contributed by atoms with Crippen LogP contribution in [0.5, 0.6) is 0 Å². The quantitative estimate of drug-likeness (QED) is 0.777. The summed E-state index contributed by atoms with van der Waals surface area (Å²) >= 11 is 0. The molecule has 1 unspecified atom stereocenters. The minimum absolute atomic E-state index is 0.0547. The maximum atomic E-state index is 11.9. The number of carbonyl (C=O) groups is 1. The van der Waals surface area contributed by atoms with E-state index in [0.717, 1.165) is 18.0 Å². The highest BCUT2D eigenvalue weighted by molar-refractivity contribution is 5.78. The largest absolute Gasteiger partial charge is 0.343 e. The van der Waals surface area contributed by atoms with Crippen LogP contribution in [0, 0.1) is 5.92 Å². The maximum Gasteiger partial charge on any atom is 0.248 e. The second-order valence-electron chi connectivity index (χ2n) is 6.07. The first kappa shape index (κ1) is 15.7. The van der Waals surface area contributed by atoms with Crippen molar-refractivity contribution in [3.63, 3.8) is 0 Å². The van der Waals surface area contributed by atoms with Gasteiger partial charge < -0.3 is 15.2 Å². The summed E-state index contributed by atoms with van der Waals surface area (Å²) in [5, 5.41) is 10.0. The molecular formula is C17H22N4O2. The summed E-state index contributed by atoms with van der Waals surface area (Å²) in [5.74, 6) is 1.77. The summed E-state index contributed by atoms with van der Waals surface area (Å²) < 4.78 is 5.26. The molecule has 0 aliphatic heterocycles. The van der Waals surface area contributed by atoms with Crippen LogP contribution in [0.25, 0.3) is 0 Å². The Balaban J connectivity index is 1.47. The van der Waals surface area contributed by atoms with E-state index in [4.69, 9.17) is 4.52 Å². The molecule has 6 nitrogen and oxygen atoms in total. The number of benzene rings is 1. The number of nitrogens with one attached hydrogen (secondary N) is 2. The number of amides is 1. The predicted molar refractivity (Wildman–Crippen MR) is 85.7 cm³/mol. The van der Waals surface area contributed by atoms with Gasteiger partial charge in [0.1, 0.15) is 6.04 Å². The molecule has 1 fully saturated rings. The van der Waals surface area contributed by atoms with Crippen molar-refractivity contribution in [3.05, 3.63) is 47.6 Å². The highest BCUT2D eigenvalue weighted by atomic mass is 16.5. The molecule has 3 rings (SSSR count). The second-order valence-corrected chi connectivity index (χ2v) is 6.07. The van der Waals surface area contributed by atoms with Crippen LogP contribution >= 0.6 is 0 Å². The third-order valence-corrected chi connectivity index (χ3v) is 3.85. The SMILES string of the molecule is CC(NC(=O)CNCC1CC1)c1nc(Cc2ccccc2)no1. The van der Waals surface area contributed by atoms with Gasteiger partial charge in [0.2, 0.25) is 11.8 Å². The Hall–Kier alpha value is -2.21. The highest BCUT2D eigenvalue weighted by Gasteiger charge is 2.21. The van der Waals surface area contributed by atoms with Crippen LogP contribution in [0.15, 0.2) is 34.9 Å². The molecule has 2 aromatic rings. The van der Waals surface area contributed by atoms with Gasteiger partial charge in [-0.25, -0.2) is 0 Å². The van der Waals surface area contributed by atoms with Crippen LogP contribution in [0.3, 0.4) is 0 Å². The molecule has 0 radical (unpaired) electrons. The normalized spacial score (nSPS) is 15.3. The zero-order valence-electron chi connectivity index (χ0n) is 13.3. The average molecular weight is 314 g/mol. The standard InChI is InChI=1S/C17H22N4O2/c1-12(19-16(22)11-18-10-14-7-8-14)17-20-15(21-23-17)9-13-5-3-2-4-6-13/h2-6,12,14,18H,7-11H2,1H3,(H,19,22). The van der Waals surface area contributed by atoms with E-state index in [2.05, 4.69) is 20.8 Å². The molecule has 1 aromatic heterocycles. The Morgan fingerprint density at radius 1 is 1.35 bits per heavy atom. The number of carbonyl (C=O) groups excluding carboxylic acids is 1. The molecule has 1 aromatic carbocycles. The van der Waals surface area contributed by atoms with Crippen LogP contribution in [0.4, 0.5) is 0 Å². The number of aromatic nitrogens is 2. The minimum atomic E-state index is -0.290. The lowest BCUT2D eigenvalue weighted by Crippen LogP contribution is -2.36. The Morgan fingerprint density at radius 3 is 2.87 bits per heavy atom. The van der Waals surface area contributed by atoms with Gasteiger partial charge in [-0.1, -0.05) is 35.5 Å². The van der Waals surface area contributed by atoms with Crippen molar-refractivity contribution < 1.29 is 9.32 Å². The van der Waals surface area contributed by atoms with Crippen molar-refractivity contribution in [1.82, 2.24) is 20.8 Å². The molecule has 6 heteroatoms. The van der Waals surface area contributed by atoms with E-state index in [9.17, 15) is 4.79 Å². The molecular weight excluding hydrogens is 292 g/mol. The Kier molecular flexibility index (Phi) is 5.02. The van der Waals surface area contributed by atoms with Crippen LogP contribution in [0.2, 0.25) is 0 Å². The summed E-state index contributed by atoms with van der Waals surface area (Å²) in [5.41, 5.74) is 1.13. The van der Waals surface area contributed by atoms with Gasteiger partial charge in [0.15, 0.2) is 5.82 Å². The molecule has 1 aliphatic rings. The van der Waals surface area contributed by atoms with E-state index in [0.29, 0.717) is 24.7 Å². The van der Waals surface area contributed by atoms with Gasteiger partial charge in [0.25, 0.3) is 0 Å². The van der Waals surface area contributed by atoms with E-state index < -0.39 is 0 Å². The van der Waals surface area contributed by atoms with Gasteiger partial charge in [-0.05, 0) is 37.8 Å². The molecule has 0 bridgehead atoms. The van der Waals surface area contributed by atoms with Crippen LogP contribution < -0.4 is 10.6 Å². The molecule has 122 valence electrons. The van der Waals surface area contributed by atoms with Crippen LogP contribution in [-0.2, 0) is 11.2 Å². The smallest absolute Gasteiger partial charge is 0.248 e. The van der Waals surface area contributed by atoms with Crippen LogP contribution in [0.1, 0.15) is 43.1 Å². The van der Waals surface area contributed by atoms with Gasteiger partial charge >= 0.3 is 0 Å². The summed E-state index contributed by atoms with van der Waals surface area (Å²) in [4.78, 5) is 16.2. The molecule has 1 amide bonds. The fraction of sp³-hybridized carbons (Fsp3) is 0.471. The first-order chi connectivity index (χ1) is 11.2. The maximum absolute atomic E-state index is 11.9. The molecule has 23 heavy (non-hydrogen) atoms. The molecule has 1 atom stereocenters. The zero-order chi connectivity index (χ0) is 16.1. The average Bonchev–Trinajstić information content (AvgIpc) is 3.25. The van der Waals surface area contributed by atoms with E-state index in [1.807, 2.05) is 37.3 Å². The van der Waals surface area contributed by atoms with Gasteiger partial charge in [0, 0.05) is 6.42 Å². The van der Waals surface area contributed by atoms with Gasteiger partial charge in [-0.15, -0.1) is 0 Å². The van der Waals surface area contributed by atoms with Crippen molar-refractivity contribution in [2.45, 2.75) is 32.2 Å². The highest BCUT2D eigenvalue weighted by Crippen LogP contribution is 2.27. The lowest BCUT2D eigenvalue weighted by molar-refractivity contribution is -0.121. The second kappa shape index (κ2) is 7.37. The summed E-state index contributed by atoms with van der Waals surface area (Å²) in [6.45, 7) is 3.09. The number of hydrogen-bond acceptors (Lipinski definition) is 5. The fourth-order valence-electron chi connectivity index (χ4n) is 2.36. The van der Waals surface area contributed by atoms with Crippen molar-refractivity contribution in [3.8, 4) is 0 Å². The van der Waals surface area contributed by atoms with Gasteiger partial charge in [-0.3, -0.25) is 4.79 Å². The minimum Gasteiger partial charge on any atom is -0.343 e. The van der Waals surface area contributed by atoms with E-state index in [1.54, 1.807) is 0 Å². The molecule has 1 saturated carbocycles. The monoisotopic (exact) mass is 314 g/mol. The zero-order valence-corrected chi connectivity index (χ0v) is 13.3. The first-order valence-corrected chi connectivity index (χ1v) is 8.07. The number of rotatable bonds is 8. The number of nitrogens with zero attached hydrogens (tertiary/aromatic N) is 2. The Morgan fingerprint density at radius 2 is 2.13 bits per heavy atom. The summed E-state index contributed by atoms with van der Waals surface area (Å²) in [6.07, 6.45) is 3.17. The molecule has 1 aliphatic carbocycles. The lowest BCUT2D eigenvalue weighted by atomic mass is 10.1. The van der Waals surface area contributed by atoms with Gasteiger partial charge in [-0.2, -0.15) is 4.98 Å². The summed E-state index contributed by atoms with van der Waals surface area (Å²) in [7, 11) is 0. The number of hydrogen-bond donors (Lipinski definition) is 2. The van der Waals surface area contributed by atoms with E-state index in [1.165, 1.54) is 12.8 Å². The molecule has 1 heterocycles. The van der Waals surface area contributed by atoms with Crippen molar-refractivity contribution in [1.29, 1.82) is 0 Å². The van der Waals surface area contributed by atoms with E-state index >= 15 is 0 Å². The van der Waals surface area contributed by atoms with Crippen molar-refractivity contribution >= 4 is 5.91 Å². The molecule has 0 spiro atoms. The summed E-state index contributed by atoms with van der Waals surface area (Å²) in [6, 6.07) is 9.68. The van der Waals surface area contributed by atoms with Crippen LogP contribution in [-0.4, -0.2) is 29.1 Å². The van der Waals surface area contributed by atoms with Crippen molar-refractivity contribution in [2.75, 3.05) is 13.1 Å². The Labute approximate surface area is 135 Å². The Bertz CT molecular complexity index is 637. The fourth-order valence-corrected chi connectivity index (χ4v) is 2.36. The molecule has 2 N–H and O–H groups in total. The first-order valence-electron chi connectivity index (χ1n) is 8.07. The van der Waals surface area contributed by atoms with E-state index in [-0.39, 0.29) is 11.9 Å². The predicted octanol–water partition coefficient (Wildman–Crippen LogP) is 1.84. The third-order valence-electron chi connectivity index (χ3n) is 3.85. The van der Waals surface area contributed by atoms with Crippen molar-refractivity contribution in [2.24, 2.45) is 5.92 Å². The lowest BCUT2D eigenvalue weighted by Gasteiger charge is -2.10. The molecule has 0 saturated heterocycles. The third kappa shape index (κ3) is 4.89. The topological polar surface area (TPSA) is 80.0 Å².